The number of nitrogen functional groups attached to an aromatic ring is 1. The second-order valence-corrected chi connectivity index (χ2v) is 3.81. The number of hydrogen-bond acceptors (Lipinski definition) is 5. The van der Waals surface area contributed by atoms with Gasteiger partial charge in [-0.05, 0) is 12.1 Å². The normalized spacial score (nSPS) is 9.90. The molecule has 2 aromatic rings. The maximum atomic E-state index is 13.6. The van der Waals surface area contributed by atoms with Gasteiger partial charge >= 0.3 is 0 Å². The first-order chi connectivity index (χ1) is 9.56. The van der Waals surface area contributed by atoms with Crippen LogP contribution in [0, 0.1) is 23.0 Å². The molecule has 0 saturated carbocycles. The summed E-state index contributed by atoms with van der Waals surface area (Å²) in [5.74, 6) is -2.28. The molecular weight excluding hydrogens is 266 g/mol. The molecule has 0 spiro atoms. The largest absolute Gasteiger partial charge is 0.495 e. The molecule has 0 bridgehead atoms. The molecule has 1 heterocycles. The van der Waals surface area contributed by atoms with Gasteiger partial charge in [0.15, 0.2) is 23.3 Å². The number of benzene rings is 1. The molecule has 7 heteroatoms. The zero-order chi connectivity index (χ0) is 14.7. The molecule has 0 saturated heterocycles. The van der Waals surface area contributed by atoms with Crippen molar-refractivity contribution in [2.45, 2.75) is 0 Å². The molecule has 20 heavy (non-hydrogen) atoms. The number of hydrogen-bond donors (Lipinski definition) is 2. The van der Waals surface area contributed by atoms with E-state index in [1.807, 2.05) is 6.07 Å². The van der Waals surface area contributed by atoms with E-state index in [1.54, 1.807) is 12.1 Å². The number of ether oxygens (including phenoxy) is 1. The smallest absolute Gasteiger partial charge is 0.169 e. The zero-order valence-corrected chi connectivity index (χ0v) is 10.4. The monoisotopic (exact) mass is 276 g/mol. The van der Waals surface area contributed by atoms with E-state index in [1.165, 1.54) is 13.2 Å². The van der Waals surface area contributed by atoms with Crippen LogP contribution in [0.25, 0.3) is 0 Å². The zero-order valence-electron chi connectivity index (χ0n) is 10.4. The van der Waals surface area contributed by atoms with Gasteiger partial charge in [0.05, 0.1) is 12.7 Å². The predicted molar refractivity (Wildman–Crippen MR) is 69.6 cm³/mol. The van der Waals surface area contributed by atoms with E-state index in [9.17, 15) is 8.78 Å². The van der Waals surface area contributed by atoms with Crippen molar-refractivity contribution < 1.29 is 13.5 Å². The number of nitriles is 1. The average Bonchev–Trinajstić information content (AvgIpc) is 2.44. The summed E-state index contributed by atoms with van der Waals surface area (Å²) in [7, 11) is 1.41. The van der Waals surface area contributed by atoms with Crippen LogP contribution in [0.3, 0.4) is 0 Å². The summed E-state index contributed by atoms with van der Waals surface area (Å²) in [6.45, 7) is 0. The molecule has 0 aliphatic carbocycles. The third kappa shape index (κ3) is 2.44. The van der Waals surface area contributed by atoms with Gasteiger partial charge in [0.2, 0.25) is 0 Å². The van der Waals surface area contributed by atoms with Gasteiger partial charge in [0.1, 0.15) is 17.5 Å². The Kier molecular flexibility index (Phi) is 3.66. The Morgan fingerprint density at radius 3 is 2.75 bits per heavy atom. The van der Waals surface area contributed by atoms with Crippen molar-refractivity contribution in [3.05, 3.63) is 41.5 Å². The lowest BCUT2D eigenvalue weighted by molar-refractivity contribution is 0.416. The van der Waals surface area contributed by atoms with E-state index in [2.05, 4.69) is 10.3 Å². The molecular formula is C13H10F2N4O. The second-order valence-electron chi connectivity index (χ2n) is 3.81. The number of methoxy groups -OCH3 is 1. The third-order valence-electron chi connectivity index (χ3n) is 2.57. The highest BCUT2D eigenvalue weighted by Crippen LogP contribution is 2.31. The Morgan fingerprint density at radius 2 is 2.10 bits per heavy atom. The summed E-state index contributed by atoms with van der Waals surface area (Å²) < 4.78 is 31.8. The van der Waals surface area contributed by atoms with Gasteiger partial charge < -0.3 is 15.8 Å². The highest BCUT2D eigenvalue weighted by Gasteiger charge is 2.14. The minimum Gasteiger partial charge on any atom is -0.495 e. The Balaban J connectivity index is 2.50. The number of halogens is 2. The number of nitrogens with two attached hydrogens (primary N) is 1. The first-order valence-electron chi connectivity index (χ1n) is 5.52. The Morgan fingerprint density at radius 1 is 1.35 bits per heavy atom. The second kappa shape index (κ2) is 5.40. The average molecular weight is 276 g/mol. The van der Waals surface area contributed by atoms with Crippen LogP contribution in [0.5, 0.6) is 5.75 Å². The highest BCUT2D eigenvalue weighted by atomic mass is 19.1. The number of nitrogens with one attached hydrogen (secondary N) is 1. The van der Waals surface area contributed by atoms with Crippen molar-refractivity contribution in [1.82, 2.24) is 4.98 Å². The molecule has 0 unspecified atom stereocenters. The van der Waals surface area contributed by atoms with Gasteiger partial charge in [0, 0.05) is 6.07 Å². The molecule has 0 radical (unpaired) electrons. The molecule has 0 aliphatic rings. The van der Waals surface area contributed by atoms with Crippen molar-refractivity contribution in [3.63, 3.8) is 0 Å². The molecule has 2 rings (SSSR count). The fourth-order valence-electron chi connectivity index (χ4n) is 1.61. The fourth-order valence-corrected chi connectivity index (χ4v) is 1.61. The Hall–Kier alpha value is -2.88. The summed E-state index contributed by atoms with van der Waals surface area (Å²) in [5, 5.41) is 11.6. The van der Waals surface area contributed by atoms with Gasteiger partial charge in [-0.2, -0.15) is 5.26 Å². The van der Waals surface area contributed by atoms with Gasteiger partial charge in [-0.1, -0.05) is 6.07 Å². The minimum absolute atomic E-state index is 0.230. The molecule has 0 aliphatic heterocycles. The molecule has 1 aromatic heterocycles. The van der Waals surface area contributed by atoms with Crippen LogP contribution in [0.15, 0.2) is 24.3 Å². The van der Waals surface area contributed by atoms with Gasteiger partial charge in [-0.25, -0.2) is 13.8 Å². The molecule has 1 aromatic carbocycles. The number of aromatic nitrogens is 1. The van der Waals surface area contributed by atoms with E-state index >= 15 is 0 Å². The van der Waals surface area contributed by atoms with E-state index in [-0.39, 0.29) is 17.1 Å². The highest BCUT2D eigenvalue weighted by molar-refractivity contribution is 5.72. The van der Waals surface area contributed by atoms with Crippen molar-refractivity contribution in [2.24, 2.45) is 0 Å². The Bertz CT molecular complexity index is 698. The van der Waals surface area contributed by atoms with E-state index < -0.39 is 17.5 Å². The summed E-state index contributed by atoms with van der Waals surface area (Å²) >= 11 is 0. The summed E-state index contributed by atoms with van der Waals surface area (Å²) in [6, 6.07) is 7.29. The Labute approximate surface area is 113 Å². The standard InChI is InChI=1S/C13H10F2N4O/c1-20-10-4-2-3-7(6-16)11(10)18-13-9(15)5-8(14)12(17)19-13/h2-5H,1H3,(H3,17,18,19). The topological polar surface area (TPSA) is 84.0 Å². The molecule has 0 fully saturated rings. The van der Waals surface area contributed by atoms with Crippen LogP contribution < -0.4 is 15.8 Å². The molecule has 5 nitrogen and oxygen atoms in total. The van der Waals surface area contributed by atoms with E-state index in [4.69, 9.17) is 15.7 Å². The number of anilines is 3. The van der Waals surface area contributed by atoms with Crippen molar-refractivity contribution >= 4 is 17.3 Å². The summed E-state index contributed by atoms with van der Waals surface area (Å²) in [5.41, 5.74) is 5.76. The van der Waals surface area contributed by atoms with Gasteiger partial charge in [0.25, 0.3) is 0 Å². The lowest BCUT2D eigenvalue weighted by Crippen LogP contribution is -2.05. The molecule has 0 amide bonds. The summed E-state index contributed by atoms with van der Waals surface area (Å²) in [4.78, 5) is 3.57. The van der Waals surface area contributed by atoms with Crippen LogP contribution in [0.2, 0.25) is 0 Å². The van der Waals surface area contributed by atoms with E-state index in [0.717, 1.165) is 0 Å². The summed E-state index contributed by atoms with van der Waals surface area (Å²) in [6.07, 6.45) is 0. The van der Waals surface area contributed by atoms with Gasteiger partial charge in [-0.15, -0.1) is 0 Å². The lowest BCUT2D eigenvalue weighted by Gasteiger charge is -2.13. The van der Waals surface area contributed by atoms with Crippen LogP contribution in [-0.4, -0.2) is 12.1 Å². The molecule has 3 N–H and O–H groups in total. The van der Waals surface area contributed by atoms with Crippen LogP contribution in [0.1, 0.15) is 5.56 Å². The maximum Gasteiger partial charge on any atom is 0.169 e. The van der Waals surface area contributed by atoms with E-state index in [0.29, 0.717) is 11.8 Å². The first kappa shape index (κ1) is 13.5. The maximum absolute atomic E-state index is 13.6. The lowest BCUT2D eigenvalue weighted by atomic mass is 10.1. The van der Waals surface area contributed by atoms with Crippen LogP contribution in [-0.2, 0) is 0 Å². The van der Waals surface area contributed by atoms with Crippen LogP contribution in [0.4, 0.5) is 26.1 Å². The van der Waals surface area contributed by atoms with Crippen molar-refractivity contribution in [1.29, 1.82) is 5.26 Å². The number of para-hydroxylation sites is 1. The predicted octanol–water partition coefficient (Wildman–Crippen LogP) is 2.57. The van der Waals surface area contributed by atoms with Crippen molar-refractivity contribution in [3.8, 4) is 11.8 Å². The number of pyridine rings is 1. The SMILES string of the molecule is COc1cccc(C#N)c1Nc1nc(N)c(F)cc1F. The first-order valence-corrected chi connectivity index (χ1v) is 5.52. The van der Waals surface area contributed by atoms with Gasteiger partial charge in [-0.3, -0.25) is 0 Å². The quantitative estimate of drug-likeness (QED) is 0.900. The molecule has 0 atom stereocenters. The molecule has 102 valence electrons. The minimum atomic E-state index is -0.950. The fraction of sp³-hybridized carbons (Fsp3) is 0.0769. The van der Waals surface area contributed by atoms with Crippen LogP contribution >= 0.6 is 0 Å². The number of nitrogens with zero attached hydrogens (tertiary/aromatic N) is 2. The third-order valence-corrected chi connectivity index (χ3v) is 2.57. The van der Waals surface area contributed by atoms with Crippen molar-refractivity contribution in [2.75, 3.05) is 18.2 Å². The number of rotatable bonds is 3.